The third-order valence-corrected chi connectivity index (χ3v) is 0. The van der Waals surface area contributed by atoms with E-state index in [-0.39, 0.29) is 77.9 Å². The summed E-state index contributed by atoms with van der Waals surface area (Å²) in [5, 5.41) is 0. The zero-order valence-corrected chi connectivity index (χ0v) is 5.44. The molecule has 0 unspecified atom stereocenters. The molecule has 0 atom stereocenters. The minimum atomic E-state index is 0. The third-order valence-electron chi connectivity index (χ3n) is 0. The molecule has 0 heterocycles. The molecule has 0 fully saturated rings. The summed E-state index contributed by atoms with van der Waals surface area (Å²) in [6.45, 7) is 0. The van der Waals surface area contributed by atoms with Crippen molar-refractivity contribution in [2.24, 2.45) is 0 Å². The largest absolute Gasteiger partial charge is 0.187 e. The van der Waals surface area contributed by atoms with Gasteiger partial charge >= 0.3 is 0 Å². The second kappa shape index (κ2) is 17.9. The van der Waals surface area contributed by atoms with E-state index in [1.54, 1.807) is 0 Å². The third kappa shape index (κ3) is 8.82. The van der Waals surface area contributed by atoms with Crippen LogP contribution >= 0.6 is 0 Å². The molecule has 0 spiro atoms. The smallest absolute Gasteiger partial charge is 0 e. The summed E-state index contributed by atoms with van der Waals surface area (Å²) in [6.07, 6.45) is 0. The summed E-state index contributed by atoms with van der Waals surface area (Å²) in [7, 11) is 0. The van der Waals surface area contributed by atoms with Crippen LogP contribution in [0.1, 0.15) is 0 Å². The fourth-order valence-electron chi connectivity index (χ4n) is 0. The summed E-state index contributed by atoms with van der Waals surface area (Å²) in [5.74, 6) is 0. The van der Waals surface area contributed by atoms with Crippen molar-refractivity contribution in [2.75, 3.05) is 0 Å². The Morgan fingerprint density at radius 3 is 1.00 bits per heavy atom. The van der Waals surface area contributed by atoms with Gasteiger partial charge in [0.05, 0.1) is 0 Å². The Morgan fingerprint density at radius 1 is 1.00 bits per heavy atom. The van der Waals surface area contributed by atoms with Gasteiger partial charge in [0.15, 0.2) is 17.4 Å². The van der Waals surface area contributed by atoms with Crippen molar-refractivity contribution in [3.63, 3.8) is 0 Å². The van der Waals surface area contributed by atoms with Gasteiger partial charge in [-0.25, -0.2) is 0 Å². The van der Waals surface area contributed by atoms with E-state index in [4.69, 9.17) is 0 Å². The zero-order chi connectivity index (χ0) is 0. The Morgan fingerprint density at radius 2 is 1.00 bits per heavy atom. The van der Waals surface area contributed by atoms with Crippen LogP contribution in [0, 0.1) is 0 Å². The maximum atomic E-state index is 0. The number of hydrogen-bond acceptors (Lipinski definition) is 0. The molecule has 0 amide bonds. The molecule has 2 radical (unpaired) electrons. The van der Waals surface area contributed by atoms with E-state index in [1.807, 2.05) is 0 Å². The first kappa shape index (κ1) is 31.6. The van der Waals surface area contributed by atoms with Crippen molar-refractivity contribution in [3.8, 4) is 0 Å². The Bertz CT molecular complexity index is 8.00. The molecule has 0 aromatic heterocycles. The van der Waals surface area contributed by atoms with E-state index in [0.29, 0.717) is 0 Å². The summed E-state index contributed by atoms with van der Waals surface area (Å²) < 4.78 is 0. The van der Waals surface area contributed by atoms with Crippen LogP contribution in [0.25, 0.3) is 0 Å². The average Bonchev–Trinajstić information content (AvgIpc) is 0. The van der Waals surface area contributed by atoms with Gasteiger partial charge in [-0.3, -0.25) is 0 Å². The van der Waals surface area contributed by atoms with E-state index >= 15 is 0 Å². The Hall–Kier alpha value is 2.48. The Labute approximate surface area is 76.9 Å². The van der Waals surface area contributed by atoms with Crippen molar-refractivity contribution >= 4 is 17.4 Å². The van der Waals surface area contributed by atoms with Crippen LogP contribution in [0.4, 0.5) is 0 Å². The topological polar surface area (TPSA) is 0 Å². The molecule has 0 saturated carbocycles. The van der Waals surface area contributed by atoms with Gasteiger partial charge in [-0.2, -0.15) is 0 Å². The number of hydrogen-bond donors (Lipinski definition) is 0. The van der Waals surface area contributed by atoms with Crippen LogP contribution < -0.4 is 0 Å². The van der Waals surface area contributed by atoms with Crippen LogP contribution in [0.15, 0.2) is 0 Å². The Kier molecular flexibility index (Phi) is 141. The minimum absolute atomic E-state index is 0. The molecule has 0 rings (SSSR count). The molecular weight excluding hydrogens is 294 g/mol. The van der Waals surface area contributed by atoms with Crippen LogP contribution in [-0.2, 0) is 60.5 Å². The second-order valence-corrected chi connectivity index (χ2v) is 0. The molecule has 4 heteroatoms. The van der Waals surface area contributed by atoms with E-state index in [1.165, 1.54) is 0 Å². The van der Waals surface area contributed by atoms with Crippen molar-refractivity contribution in [1.29, 1.82) is 0 Å². The molecule has 0 aliphatic heterocycles. The summed E-state index contributed by atoms with van der Waals surface area (Å²) in [5.41, 5.74) is 0. The number of rotatable bonds is 0. The van der Waals surface area contributed by atoms with Gasteiger partial charge in [-0.1, -0.05) is 0 Å². The van der Waals surface area contributed by atoms with Gasteiger partial charge in [0, 0.05) is 60.5 Å². The SMILES string of the molecule is [Ag].[AlH3].[Cu].[Mo]. The normalized spacial score (nSPS) is 0. The summed E-state index contributed by atoms with van der Waals surface area (Å²) in [6, 6.07) is 0. The Balaban J connectivity index is 0. The predicted octanol–water partition coefficient (Wildman–Crippen LogP) is -1.19. The van der Waals surface area contributed by atoms with Gasteiger partial charge in [0.25, 0.3) is 0 Å². The van der Waals surface area contributed by atoms with E-state index in [9.17, 15) is 0 Å². The van der Waals surface area contributed by atoms with E-state index in [0.717, 1.165) is 0 Å². The molecule has 0 nitrogen and oxygen atoms in total. The van der Waals surface area contributed by atoms with Gasteiger partial charge in [-0.05, 0) is 0 Å². The van der Waals surface area contributed by atoms with Crippen LogP contribution in [0.5, 0.6) is 0 Å². The summed E-state index contributed by atoms with van der Waals surface area (Å²) >= 11 is 0. The van der Waals surface area contributed by atoms with E-state index in [2.05, 4.69) is 0 Å². The first-order chi connectivity index (χ1) is 0. The molecule has 0 N–H and O–H groups in total. The van der Waals surface area contributed by atoms with Gasteiger partial charge in [0.2, 0.25) is 0 Å². The monoisotopic (exact) mass is 298 g/mol. The fraction of sp³-hybridized carbons (Fsp3) is 0. The first-order valence-corrected chi connectivity index (χ1v) is 0. The van der Waals surface area contributed by atoms with Crippen LogP contribution in [0.2, 0.25) is 0 Å². The summed E-state index contributed by atoms with van der Waals surface area (Å²) in [4.78, 5) is 0. The molecule has 34 valence electrons. The fourth-order valence-corrected chi connectivity index (χ4v) is 0. The molecule has 0 aliphatic rings. The molecule has 0 bridgehead atoms. The maximum absolute atomic E-state index is 0. The van der Waals surface area contributed by atoms with Crippen molar-refractivity contribution in [1.82, 2.24) is 0 Å². The first-order valence-electron chi connectivity index (χ1n) is 0. The van der Waals surface area contributed by atoms with E-state index < -0.39 is 0 Å². The molecular formula is H3AgAlCuMo. The molecule has 0 aliphatic carbocycles. The van der Waals surface area contributed by atoms with Crippen LogP contribution in [-0.4, -0.2) is 17.4 Å². The second-order valence-electron chi connectivity index (χ2n) is 0. The van der Waals surface area contributed by atoms with Gasteiger partial charge in [0.1, 0.15) is 0 Å². The minimum Gasteiger partial charge on any atom is 0 e. The maximum Gasteiger partial charge on any atom is 0.187 e. The van der Waals surface area contributed by atoms with Crippen molar-refractivity contribution < 1.29 is 60.5 Å². The molecule has 0 aromatic rings. The molecule has 0 saturated heterocycles. The molecule has 4 heavy (non-hydrogen) atoms. The van der Waals surface area contributed by atoms with Gasteiger partial charge < -0.3 is 0 Å². The quantitative estimate of drug-likeness (QED) is 0.493. The molecule has 0 aromatic carbocycles. The standard InChI is InChI=1S/Ag.Al.Cu.Mo.3H. The van der Waals surface area contributed by atoms with Crippen molar-refractivity contribution in [2.45, 2.75) is 0 Å². The average molecular weight is 297 g/mol. The van der Waals surface area contributed by atoms with Crippen molar-refractivity contribution in [3.05, 3.63) is 0 Å². The van der Waals surface area contributed by atoms with Gasteiger partial charge in [-0.15, -0.1) is 0 Å². The predicted molar refractivity (Wildman–Crippen MR) is 9.94 cm³/mol. The zero-order valence-electron chi connectivity index (χ0n) is 1.01. The van der Waals surface area contributed by atoms with Crippen LogP contribution in [0.3, 0.4) is 0 Å².